The minimum absolute atomic E-state index is 0.0604. The van der Waals surface area contributed by atoms with Gasteiger partial charge in [-0.05, 0) is 47.0 Å². The van der Waals surface area contributed by atoms with E-state index in [0.717, 1.165) is 62.6 Å². The Labute approximate surface area is 254 Å². The quantitative estimate of drug-likeness (QED) is 0.192. The van der Waals surface area contributed by atoms with Gasteiger partial charge in [-0.2, -0.15) is 0 Å². The van der Waals surface area contributed by atoms with Crippen LogP contribution in [0.1, 0.15) is 5.56 Å². The first kappa shape index (κ1) is 26.7. The first-order valence-electron chi connectivity index (χ1n) is 14.1. The van der Waals surface area contributed by atoms with Gasteiger partial charge in [-0.15, -0.1) is 0 Å². The highest BCUT2D eigenvalue weighted by Gasteiger charge is 2.25. The van der Waals surface area contributed by atoms with Crippen molar-refractivity contribution in [3.8, 4) is 33.8 Å². The number of fused-ring (bicyclic) bond motifs is 1. The van der Waals surface area contributed by atoms with Gasteiger partial charge in [0.1, 0.15) is 0 Å². The molecule has 0 atom stereocenters. The molecular weight excluding hydrogens is 552 g/mol. The summed E-state index contributed by atoms with van der Waals surface area (Å²) in [5.74, 6) is 1.42. The summed E-state index contributed by atoms with van der Waals surface area (Å²) < 4.78 is 2.22. The molecule has 3 heterocycles. The van der Waals surface area contributed by atoms with Gasteiger partial charge in [0.05, 0.1) is 23.5 Å². The maximum atomic E-state index is 12.8. The highest BCUT2D eigenvalue weighted by atomic mass is 32.2. The van der Waals surface area contributed by atoms with Gasteiger partial charge in [0, 0.05) is 35.4 Å². The van der Waals surface area contributed by atoms with Gasteiger partial charge in [-0.25, -0.2) is 15.0 Å². The molecule has 7 rings (SSSR count). The van der Waals surface area contributed by atoms with Crippen LogP contribution in [-0.2, 0) is 17.8 Å². The van der Waals surface area contributed by atoms with E-state index in [1.807, 2.05) is 91.0 Å². The van der Waals surface area contributed by atoms with Crippen molar-refractivity contribution in [2.45, 2.75) is 18.1 Å². The second kappa shape index (κ2) is 12.0. The van der Waals surface area contributed by atoms with Gasteiger partial charge in [0.25, 0.3) is 0 Å². The number of hydrogen-bond acceptors (Lipinski definition) is 6. The molecule has 210 valence electrons. The smallest absolute Gasteiger partial charge is 0.228 e. The maximum absolute atomic E-state index is 12.8. The van der Waals surface area contributed by atoms with Crippen molar-refractivity contribution in [2.75, 3.05) is 16.4 Å². The fourth-order valence-corrected chi connectivity index (χ4v) is 6.18. The number of carbonyl (C=O) groups excluding carboxylic acids is 1. The number of rotatable bonds is 8. The van der Waals surface area contributed by atoms with Crippen LogP contribution in [0.15, 0.2) is 127 Å². The Hall–Kier alpha value is -5.21. The van der Waals surface area contributed by atoms with E-state index in [9.17, 15) is 4.79 Å². The van der Waals surface area contributed by atoms with Crippen LogP contribution in [0.4, 0.5) is 17.3 Å². The molecule has 0 aliphatic carbocycles. The highest BCUT2D eigenvalue weighted by Crippen LogP contribution is 2.39. The van der Waals surface area contributed by atoms with Crippen LogP contribution in [0.2, 0.25) is 0 Å². The number of nitrogens with zero attached hydrogens (tertiary/aromatic N) is 4. The van der Waals surface area contributed by atoms with Crippen LogP contribution in [-0.4, -0.2) is 31.2 Å². The minimum atomic E-state index is -0.0604. The molecule has 1 aliphatic heterocycles. The molecule has 0 spiro atoms. The largest absolute Gasteiger partial charge is 0.326 e. The third-order valence-corrected chi connectivity index (χ3v) is 8.21. The third kappa shape index (κ3) is 5.91. The van der Waals surface area contributed by atoms with Crippen LogP contribution in [0, 0.1) is 0 Å². The van der Waals surface area contributed by atoms with Crippen molar-refractivity contribution in [2.24, 2.45) is 0 Å². The Morgan fingerprint density at radius 2 is 1.51 bits per heavy atom. The average molecular weight is 581 g/mol. The zero-order valence-corrected chi connectivity index (χ0v) is 24.1. The summed E-state index contributed by atoms with van der Waals surface area (Å²) in [6.45, 7) is 0.851. The molecule has 2 N–H and O–H groups in total. The molecule has 6 aromatic rings. The summed E-state index contributed by atoms with van der Waals surface area (Å²) in [5, 5.41) is 7.37. The van der Waals surface area contributed by atoms with E-state index in [0.29, 0.717) is 12.4 Å². The molecule has 1 amide bonds. The normalized spacial score (nSPS) is 12.1. The fourth-order valence-electron chi connectivity index (χ4n) is 5.23. The Balaban J connectivity index is 1.15. The van der Waals surface area contributed by atoms with Crippen LogP contribution in [0.25, 0.3) is 33.8 Å². The molecule has 0 bridgehead atoms. The molecule has 4 aromatic carbocycles. The van der Waals surface area contributed by atoms with Gasteiger partial charge in [0.15, 0.2) is 5.16 Å². The second-order valence-corrected chi connectivity index (χ2v) is 11.3. The van der Waals surface area contributed by atoms with Crippen molar-refractivity contribution in [1.82, 2.24) is 19.5 Å². The number of imidazole rings is 1. The first-order chi connectivity index (χ1) is 21.2. The van der Waals surface area contributed by atoms with Crippen LogP contribution in [0.5, 0.6) is 0 Å². The highest BCUT2D eigenvalue weighted by molar-refractivity contribution is 7.99. The van der Waals surface area contributed by atoms with Crippen molar-refractivity contribution in [3.05, 3.63) is 127 Å². The number of nitrogens with one attached hydrogen (secondary N) is 2. The summed E-state index contributed by atoms with van der Waals surface area (Å²) in [5.41, 5.74) is 8.41. The molecule has 7 nitrogen and oxygen atoms in total. The zero-order valence-electron chi connectivity index (χ0n) is 23.3. The van der Waals surface area contributed by atoms with Crippen molar-refractivity contribution in [3.63, 3.8) is 0 Å². The summed E-state index contributed by atoms with van der Waals surface area (Å²) >= 11 is 1.74. The van der Waals surface area contributed by atoms with Crippen molar-refractivity contribution in [1.29, 1.82) is 0 Å². The molecule has 0 saturated carbocycles. The first-order valence-corrected chi connectivity index (χ1v) is 15.1. The lowest BCUT2D eigenvalue weighted by molar-refractivity contribution is -0.115. The maximum Gasteiger partial charge on any atom is 0.228 e. The van der Waals surface area contributed by atoms with Gasteiger partial charge in [0.2, 0.25) is 11.9 Å². The summed E-state index contributed by atoms with van der Waals surface area (Å²) in [6, 6.07) is 38.1. The van der Waals surface area contributed by atoms with E-state index in [1.165, 1.54) is 5.56 Å². The number of thioether (sulfide) groups is 1. The topological polar surface area (TPSA) is 84.7 Å². The zero-order chi connectivity index (χ0) is 29.0. The van der Waals surface area contributed by atoms with Gasteiger partial charge < -0.3 is 15.2 Å². The number of carbonyl (C=O) groups is 1. The summed E-state index contributed by atoms with van der Waals surface area (Å²) in [4.78, 5) is 27.2. The SMILES string of the molecule is O=C(Cc1ccccc1)Nc1cccc(-c2nc3n(c2-c2ccnc(Nc4ccc(-c5ccccc5)cc4)n2)CCS3)c1. The second-order valence-electron chi connectivity index (χ2n) is 10.2. The van der Waals surface area contributed by atoms with Gasteiger partial charge in [-0.3, -0.25) is 4.79 Å². The molecule has 0 saturated heterocycles. The van der Waals surface area contributed by atoms with Crippen LogP contribution < -0.4 is 10.6 Å². The van der Waals surface area contributed by atoms with E-state index in [-0.39, 0.29) is 5.91 Å². The molecular formula is C35H28N6OS. The van der Waals surface area contributed by atoms with Crippen molar-refractivity contribution >= 4 is 35.0 Å². The molecule has 2 aromatic heterocycles. The lowest BCUT2D eigenvalue weighted by Gasteiger charge is -2.11. The van der Waals surface area contributed by atoms with Crippen molar-refractivity contribution < 1.29 is 4.79 Å². The molecule has 1 aliphatic rings. The molecule has 0 fully saturated rings. The van der Waals surface area contributed by atoms with Crippen LogP contribution >= 0.6 is 11.8 Å². The number of anilines is 3. The number of aromatic nitrogens is 4. The Bertz CT molecular complexity index is 1890. The predicted octanol–water partition coefficient (Wildman–Crippen LogP) is 7.70. The predicted molar refractivity (Wildman–Crippen MR) is 173 cm³/mol. The fraction of sp³-hybridized carbons (Fsp3) is 0.0857. The summed E-state index contributed by atoms with van der Waals surface area (Å²) in [6.07, 6.45) is 2.09. The number of amides is 1. The Morgan fingerprint density at radius 1 is 0.767 bits per heavy atom. The number of hydrogen-bond donors (Lipinski definition) is 2. The minimum Gasteiger partial charge on any atom is -0.326 e. The number of benzene rings is 4. The third-order valence-electron chi connectivity index (χ3n) is 7.25. The lowest BCUT2D eigenvalue weighted by Crippen LogP contribution is -2.14. The van der Waals surface area contributed by atoms with E-state index in [4.69, 9.17) is 9.97 Å². The van der Waals surface area contributed by atoms with Crippen LogP contribution in [0.3, 0.4) is 0 Å². The molecule has 0 unspecified atom stereocenters. The standard InChI is InChI=1S/C35H28N6OS/c42-31(22-24-8-3-1-4-9-24)37-29-13-7-12-27(23-29)32-33(41-20-21-43-35(41)40-32)30-18-19-36-34(39-30)38-28-16-14-26(15-17-28)25-10-5-2-6-11-25/h1-19,23H,20-22H2,(H,37,42)(H,36,38,39). The van der Waals surface area contributed by atoms with E-state index >= 15 is 0 Å². The van der Waals surface area contributed by atoms with E-state index in [1.54, 1.807) is 18.0 Å². The van der Waals surface area contributed by atoms with Gasteiger partial charge >= 0.3 is 0 Å². The average Bonchev–Trinajstić information content (AvgIpc) is 3.65. The monoisotopic (exact) mass is 580 g/mol. The van der Waals surface area contributed by atoms with E-state index < -0.39 is 0 Å². The molecule has 0 radical (unpaired) electrons. The van der Waals surface area contributed by atoms with Gasteiger partial charge in [-0.1, -0.05) is 96.7 Å². The summed E-state index contributed by atoms with van der Waals surface area (Å²) in [7, 11) is 0. The lowest BCUT2D eigenvalue weighted by atomic mass is 10.1. The Kier molecular flexibility index (Phi) is 7.41. The van der Waals surface area contributed by atoms with E-state index in [2.05, 4.69) is 44.5 Å². The molecule has 43 heavy (non-hydrogen) atoms. The molecule has 8 heteroatoms. The Morgan fingerprint density at radius 3 is 2.33 bits per heavy atom.